The Labute approximate surface area is 131 Å². The molecule has 1 aromatic heterocycles. The van der Waals surface area contributed by atoms with Gasteiger partial charge in [-0.25, -0.2) is 18.1 Å². The molecular formula is C14H23N3O2S2. The number of thioether (sulfide) groups is 1. The van der Waals surface area contributed by atoms with Crippen molar-refractivity contribution in [3.05, 3.63) is 23.9 Å². The number of sulfonamides is 1. The molecule has 1 fully saturated rings. The van der Waals surface area contributed by atoms with Crippen molar-refractivity contribution in [2.45, 2.75) is 49.0 Å². The predicted octanol–water partition coefficient (Wildman–Crippen LogP) is 1.75. The van der Waals surface area contributed by atoms with Crippen LogP contribution in [-0.2, 0) is 16.6 Å². The number of pyridine rings is 1. The number of aromatic nitrogens is 1. The van der Waals surface area contributed by atoms with Crippen LogP contribution in [-0.4, -0.2) is 37.5 Å². The molecule has 1 aliphatic rings. The molecule has 0 aromatic carbocycles. The first-order chi connectivity index (χ1) is 10.0. The van der Waals surface area contributed by atoms with Crippen molar-refractivity contribution in [2.24, 2.45) is 0 Å². The fourth-order valence-corrected chi connectivity index (χ4v) is 4.95. The molecule has 0 radical (unpaired) electrons. The molecule has 0 aliphatic heterocycles. The second kappa shape index (κ2) is 7.58. The molecule has 0 spiro atoms. The van der Waals surface area contributed by atoms with Gasteiger partial charge in [0.2, 0.25) is 0 Å². The van der Waals surface area contributed by atoms with Gasteiger partial charge in [0.1, 0.15) is 0 Å². The van der Waals surface area contributed by atoms with Gasteiger partial charge in [-0.2, -0.15) is 11.8 Å². The van der Waals surface area contributed by atoms with Crippen molar-refractivity contribution < 1.29 is 8.42 Å². The van der Waals surface area contributed by atoms with Gasteiger partial charge in [-0.3, -0.25) is 0 Å². The standard InChI is InChI=1S/C14H23N3O2S2/c1-3-20-13-6-5-12(8-13)17-21(18,19)14-7-4-11(9-15-2)10-16-14/h4,7,10,12-13,15,17H,3,5-6,8-9H2,1-2H3. The molecule has 2 rings (SSSR count). The average molecular weight is 329 g/mol. The average Bonchev–Trinajstić information content (AvgIpc) is 2.87. The molecule has 0 amide bonds. The summed E-state index contributed by atoms with van der Waals surface area (Å²) in [6.45, 7) is 2.82. The van der Waals surface area contributed by atoms with Crippen LogP contribution in [0.5, 0.6) is 0 Å². The van der Waals surface area contributed by atoms with E-state index in [0.29, 0.717) is 11.8 Å². The van der Waals surface area contributed by atoms with Crippen molar-refractivity contribution in [2.75, 3.05) is 12.8 Å². The van der Waals surface area contributed by atoms with E-state index in [-0.39, 0.29) is 11.1 Å². The van der Waals surface area contributed by atoms with Gasteiger partial charge in [0.25, 0.3) is 10.0 Å². The first kappa shape index (κ1) is 16.7. The lowest BCUT2D eigenvalue weighted by Gasteiger charge is -2.13. The number of rotatable bonds is 7. The highest BCUT2D eigenvalue weighted by Crippen LogP contribution is 2.30. The van der Waals surface area contributed by atoms with E-state index >= 15 is 0 Å². The molecule has 2 N–H and O–H groups in total. The summed E-state index contributed by atoms with van der Waals surface area (Å²) in [7, 11) is -1.66. The first-order valence-electron chi connectivity index (χ1n) is 7.28. The highest BCUT2D eigenvalue weighted by molar-refractivity contribution is 7.99. The highest BCUT2D eigenvalue weighted by atomic mass is 32.2. The normalized spacial score (nSPS) is 22.6. The van der Waals surface area contributed by atoms with Crippen molar-refractivity contribution in [3.63, 3.8) is 0 Å². The third kappa shape index (κ3) is 4.67. The second-order valence-electron chi connectivity index (χ2n) is 5.24. The Morgan fingerprint density at radius 1 is 1.38 bits per heavy atom. The monoisotopic (exact) mass is 329 g/mol. The van der Waals surface area contributed by atoms with E-state index in [4.69, 9.17) is 0 Å². The van der Waals surface area contributed by atoms with Gasteiger partial charge in [0.05, 0.1) is 0 Å². The minimum Gasteiger partial charge on any atom is -0.316 e. The van der Waals surface area contributed by atoms with Gasteiger partial charge in [0.15, 0.2) is 5.03 Å². The number of nitrogens with zero attached hydrogens (tertiary/aromatic N) is 1. The smallest absolute Gasteiger partial charge is 0.258 e. The lowest BCUT2D eigenvalue weighted by molar-refractivity contribution is 0.549. The first-order valence-corrected chi connectivity index (χ1v) is 9.81. The van der Waals surface area contributed by atoms with Crippen molar-refractivity contribution in [3.8, 4) is 0 Å². The molecule has 118 valence electrons. The zero-order valence-corrected chi connectivity index (χ0v) is 14.1. The van der Waals surface area contributed by atoms with E-state index in [2.05, 4.69) is 21.9 Å². The Kier molecular flexibility index (Phi) is 6.04. The van der Waals surface area contributed by atoms with Crippen LogP contribution in [0.1, 0.15) is 31.7 Å². The van der Waals surface area contributed by atoms with E-state index < -0.39 is 10.0 Å². The summed E-state index contributed by atoms with van der Waals surface area (Å²) in [5.74, 6) is 1.08. The second-order valence-corrected chi connectivity index (χ2v) is 8.48. The van der Waals surface area contributed by atoms with Crippen LogP contribution in [0, 0.1) is 0 Å². The molecule has 1 heterocycles. The Morgan fingerprint density at radius 3 is 2.81 bits per heavy atom. The van der Waals surface area contributed by atoms with Gasteiger partial charge in [0, 0.05) is 24.0 Å². The van der Waals surface area contributed by atoms with Crippen LogP contribution in [0.25, 0.3) is 0 Å². The van der Waals surface area contributed by atoms with E-state index in [9.17, 15) is 8.42 Å². The molecule has 1 aliphatic carbocycles. The molecule has 0 saturated heterocycles. The minimum absolute atomic E-state index is 0.0397. The maximum absolute atomic E-state index is 12.3. The molecule has 21 heavy (non-hydrogen) atoms. The van der Waals surface area contributed by atoms with Gasteiger partial charge < -0.3 is 5.32 Å². The number of hydrogen-bond acceptors (Lipinski definition) is 5. The fourth-order valence-electron chi connectivity index (χ4n) is 2.59. The molecule has 0 bridgehead atoms. The third-order valence-corrected chi connectivity index (χ3v) is 6.23. The Bertz CT molecular complexity index is 546. The lowest BCUT2D eigenvalue weighted by atomic mass is 10.3. The topological polar surface area (TPSA) is 71.1 Å². The summed E-state index contributed by atoms with van der Waals surface area (Å²) in [4.78, 5) is 4.07. The molecule has 1 aromatic rings. The molecule has 7 heteroatoms. The summed E-state index contributed by atoms with van der Waals surface area (Å²) in [5, 5.41) is 3.69. The van der Waals surface area contributed by atoms with Crippen molar-refractivity contribution in [1.82, 2.24) is 15.0 Å². The zero-order valence-electron chi connectivity index (χ0n) is 12.5. The fraction of sp³-hybridized carbons (Fsp3) is 0.643. The minimum atomic E-state index is -3.50. The maximum atomic E-state index is 12.3. The summed E-state index contributed by atoms with van der Waals surface area (Å²) in [6.07, 6.45) is 4.51. The largest absolute Gasteiger partial charge is 0.316 e. The summed E-state index contributed by atoms with van der Waals surface area (Å²) >= 11 is 1.91. The maximum Gasteiger partial charge on any atom is 0.258 e. The molecular weight excluding hydrogens is 306 g/mol. The van der Waals surface area contributed by atoms with Crippen LogP contribution in [0.4, 0.5) is 0 Å². The molecule has 5 nitrogen and oxygen atoms in total. The van der Waals surface area contributed by atoms with E-state index in [0.717, 1.165) is 30.6 Å². The van der Waals surface area contributed by atoms with Crippen LogP contribution in [0.3, 0.4) is 0 Å². The SMILES string of the molecule is CCSC1CCC(NS(=O)(=O)c2ccc(CNC)cn2)C1. The van der Waals surface area contributed by atoms with Gasteiger partial charge >= 0.3 is 0 Å². The van der Waals surface area contributed by atoms with E-state index in [1.165, 1.54) is 0 Å². The summed E-state index contributed by atoms with van der Waals surface area (Å²) in [6, 6.07) is 3.41. The summed E-state index contributed by atoms with van der Waals surface area (Å²) < 4.78 is 27.4. The summed E-state index contributed by atoms with van der Waals surface area (Å²) in [5.41, 5.74) is 0.969. The lowest BCUT2D eigenvalue weighted by Crippen LogP contribution is -2.33. The predicted molar refractivity (Wildman–Crippen MR) is 86.9 cm³/mol. The Hall–Kier alpha value is -0.630. The quantitative estimate of drug-likeness (QED) is 0.797. The Morgan fingerprint density at radius 2 is 2.19 bits per heavy atom. The number of hydrogen-bond donors (Lipinski definition) is 2. The van der Waals surface area contributed by atoms with Crippen molar-refractivity contribution in [1.29, 1.82) is 0 Å². The zero-order chi connectivity index (χ0) is 15.3. The molecule has 1 saturated carbocycles. The van der Waals surface area contributed by atoms with E-state index in [1.54, 1.807) is 18.3 Å². The van der Waals surface area contributed by atoms with Crippen LogP contribution >= 0.6 is 11.8 Å². The Balaban J connectivity index is 1.98. The van der Waals surface area contributed by atoms with Crippen LogP contribution in [0.15, 0.2) is 23.4 Å². The van der Waals surface area contributed by atoms with Crippen LogP contribution in [0.2, 0.25) is 0 Å². The van der Waals surface area contributed by atoms with E-state index in [1.807, 2.05) is 18.8 Å². The van der Waals surface area contributed by atoms with Gasteiger partial charge in [-0.1, -0.05) is 13.0 Å². The number of nitrogens with one attached hydrogen (secondary N) is 2. The molecule has 2 unspecified atom stereocenters. The van der Waals surface area contributed by atoms with Gasteiger partial charge in [-0.05, 0) is 43.7 Å². The third-order valence-electron chi connectivity index (χ3n) is 3.56. The van der Waals surface area contributed by atoms with Crippen molar-refractivity contribution >= 4 is 21.8 Å². The van der Waals surface area contributed by atoms with Gasteiger partial charge in [-0.15, -0.1) is 0 Å². The molecule has 2 atom stereocenters. The van der Waals surface area contributed by atoms with Crippen LogP contribution < -0.4 is 10.0 Å². The highest BCUT2D eigenvalue weighted by Gasteiger charge is 2.29.